The minimum absolute atomic E-state index is 0.225. The van der Waals surface area contributed by atoms with Crippen LogP contribution in [0.4, 0.5) is 0 Å². The van der Waals surface area contributed by atoms with Gasteiger partial charge in [-0.2, -0.15) is 0 Å². The van der Waals surface area contributed by atoms with E-state index in [1.807, 2.05) is 0 Å². The molecule has 1 rings (SSSR count). The van der Waals surface area contributed by atoms with Gasteiger partial charge in [-0.15, -0.1) is 0 Å². The van der Waals surface area contributed by atoms with Crippen LogP contribution in [-0.4, -0.2) is 6.29 Å². The molecule has 0 saturated heterocycles. The molecular weight excluding hydrogens is 148 g/mol. The Balaban J connectivity index is 2.77. The maximum atomic E-state index is 10.8. The Labute approximate surface area is 74.9 Å². The first-order valence-corrected chi connectivity index (χ1v) is 4.67. The third kappa shape index (κ3) is 1.96. The molecule has 0 aromatic rings. The van der Waals surface area contributed by atoms with Gasteiger partial charge in [-0.25, -0.2) is 0 Å². The van der Waals surface area contributed by atoms with Gasteiger partial charge in [0.2, 0.25) is 0 Å². The highest BCUT2D eigenvalue weighted by atomic mass is 16.1. The molecule has 0 aromatic carbocycles. The molecule has 0 aromatic heterocycles. The second-order valence-electron chi connectivity index (χ2n) is 4.70. The van der Waals surface area contributed by atoms with Crippen molar-refractivity contribution >= 4 is 6.29 Å². The van der Waals surface area contributed by atoms with Crippen molar-refractivity contribution in [2.24, 2.45) is 17.3 Å². The molecule has 0 aliphatic heterocycles. The van der Waals surface area contributed by atoms with E-state index in [1.165, 1.54) is 0 Å². The van der Waals surface area contributed by atoms with Crippen LogP contribution in [-0.2, 0) is 4.79 Å². The van der Waals surface area contributed by atoms with Crippen LogP contribution in [0.2, 0.25) is 0 Å². The Bertz CT molecular complexity index is 186. The molecule has 1 aliphatic rings. The third-order valence-electron chi connectivity index (χ3n) is 2.65. The van der Waals surface area contributed by atoms with Gasteiger partial charge in [0.25, 0.3) is 0 Å². The summed E-state index contributed by atoms with van der Waals surface area (Å²) in [6, 6.07) is 0. The van der Waals surface area contributed by atoms with Crippen molar-refractivity contribution in [3.05, 3.63) is 12.2 Å². The summed E-state index contributed by atoms with van der Waals surface area (Å²) in [5.41, 5.74) is 0.225. The lowest BCUT2D eigenvalue weighted by Crippen LogP contribution is -2.29. The van der Waals surface area contributed by atoms with Crippen LogP contribution in [0.15, 0.2) is 12.2 Å². The van der Waals surface area contributed by atoms with Crippen LogP contribution in [0.25, 0.3) is 0 Å². The molecule has 0 spiro atoms. The van der Waals surface area contributed by atoms with Gasteiger partial charge in [-0.3, -0.25) is 0 Å². The van der Waals surface area contributed by atoms with Gasteiger partial charge in [0.1, 0.15) is 6.29 Å². The van der Waals surface area contributed by atoms with E-state index in [4.69, 9.17) is 0 Å². The number of aldehydes is 1. The minimum Gasteiger partial charge on any atom is -0.303 e. The van der Waals surface area contributed by atoms with E-state index in [0.29, 0.717) is 5.92 Å². The summed E-state index contributed by atoms with van der Waals surface area (Å²) in [6.45, 7) is 6.59. The zero-order chi connectivity index (χ0) is 9.19. The highest BCUT2D eigenvalue weighted by molar-refractivity contribution is 5.55. The van der Waals surface area contributed by atoms with Crippen molar-refractivity contribution in [3.63, 3.8) is 0 Å². The van der Waals surface area contributed by atoms with E-state index in [2.05, 4.69) is 32.9 Å². The smallest absolute Gasteiger partial charge is 0.123 e. The van der Waals surface area contributed by atoms with Crippen LogP contribution in [0.3, 0.4) is 0 Å². The van der Waals surface area contributed by atoms with E-state index in [9.17, 15) is 4.79 Å². The second kappa shape index (κ2) is 3.42. The number of hydrogen-bond acceptors (Lipinski definition) is 1. The molecule has 0 radical (unpaired) electrons. The first-order valence-electron chi connectivity index (χ1n) is 4.67. The topological polar surface area (TPSA) is 17.1 Å². The average molecular weight is 166 g/mol. The molecule has 68 valence electrons. The zero-order valence-electron chi connectivity index (χ0n) is 8.21. The van der Waals surface area contributed by atoms with Crippen molar-refractivity contribution in [1.82, 2.24) is 0 Å². The first-order chi connectivity index (χ1) is 5.55. The number of rotatable bonds is 1. The highest BCUT2D eigenvalue weighted by Crippen LogP contribution is 2.37. The average Bonchev–Trinajstić information content (AvgIpc) is 2.03. The summed E-state index contributed by atoms with van der Waals surface area (Å²) >= 11 is 0. The Hall–Kier alpha value is -0.590. The fourth-order valence-electron chi connectivity index (χ4n) is 1.94. The molecule has 1 heteroatoms. The number of carbonyl (C=O) groups is 1. The Morgan fingerprint density at radius 3 is 2.50 bits per heavy atom. The van der Waals surface area contributed by atoms with E-state index in [1.54, 1.807) is 0 Å². The largest absolute Gasteiger partial charge is 0.303 e. The summed E-state index contributed by atoms with van der Waals surface area (Å²) in [4.78, 5) is 10.8. The van der Waals surface area contributed by atoms with Crippen LogP contribution >= 0.6 is 0 Å². The summed E-state index contributed by atoms with van der Waals surface area (Å²) < 4.78 is 0. The fourth-order valence-corrected chi connectivity index (χ4v) is 1.94. The number of hydrogen-bond donors (Lipinski definition) is 0. The van der Waals surface area contributed by atoms with Gasteiger partial charge in [-0.1, -0.05) is 32.9 Å². The number of carbonyl (C=O) groups excluding carboxylic acids is 1. The second-order valence-corrected chi connectivity index (χ2v) is 4.70. The molecule has 2 unspecified atom stereocenters. The number of allylic oxidation sites excluding steroid dienone is 2. The van der Waals surface area contributed by atoms with Crippen LogP contribution in [0.5, 0.6) is 0 Å². The molecule has 12 heavy (non-hydrogen) atoms. The quantitative estimate of drug-likeness (QED) is 0.432. The first kappa shape index (κ1) is 9.50. The van der Waals surface area contributed by atoms with Crippen molar-refractivity contribution < 1.29 is 4.79 Å². The Morgan fingerprint density at radius 1 is 1.42 bits per heavy atom. The summed E-state index contributed by atoms with van der Waals surface area (Å²) in [5, 5.41) is 0. The SMILES string of the molecule is CC(C)(C)C1C=CCCC1C=O. The standard InChI is InChI=1S/C11H18O/c1-11(2,3)10-7-5-4-6-9(10)8-12/h5,7-10H,4,6H2,1-3H3. The predicted molar refractivity (Wildman–Crippen MR) is 50.9 cm³/mol. The van der Waals surface area contributed by atoms with E-state index in [0.717, 1.165) is 19.1 Å². The molecule has 0 amide bonds. The van der Waals surface area contributed by atoms with Crippen molar-refractivity contribution in [3.8, 4) is 0 Å². The lowest BCUT2D eigenvalue weighted by molar-refractivity contribution is -0.113. The predicted octanol–water partition coefficient (Wildman–Crippen LogP) is 2.81. The molecule has 0 N–H and O–H groups in total. The molecule has 2 atom stereocenters. The van der Waals surface area contributed by atoms with Crippen molar-refractivity contribution in [2.75, 3.05) is 0 Å². The normalized spacial score (nSPS) is 30.2. The summed E-state index contributed by atoms with van der Waals surface area (Å²) in [7, 11) is 0. The summed E-state index contributed by atoms with van der Waals surface area (Å²) in [5.74, 6) is 0.679. The maximum Gasteiger partial charge on any atom is 0.123 e. The van der Waals surface area contributed by atoms with Gasteiger partial charge in [0, 0.05) is 5.92 Å². The van der Waals surface area contributed by atoms with Crippen LogP contribution < -0.4 is 0 Å². The van der Waals surface area contributed by atoms with Gasteiger partial charge in [0.15, 0.2) is 0 Å². The maximum absolute atomic E-state index is 10.8. The summed E-state index contributed by atoms with van der Waals surface area (Å²) in [6.07, 6.45) is 7.63. The van der Waals surface area contributed by atoms with E-state index < -0.39 is 0 Å². The van der Waals surface area contributed by atoms with Crippen LogP contribution in [0.1, 0.15) is 33.6 Å². The van der Waals surface area contributed by atoms with Crippen molar-refractivity contribution in [1.29, 1.82) is 0 Å². The molecule has 0 heterocycles. The minimum atomic E-state index is 0.225. The Morgan fingerprint density at radius 2 is 2.08 bits per heavy atom. The lowest BCUT2D eigenvalue weighted by atomic mass is 9.70. The zero-order valence-corrected chi connectivity index (χ0v) is 8.21. The van der Waals surface area contributed by atoms with E-state index >= 15 is 0 Å². The molecule has 0 bridgehead atoms. The lowest BCUT2D eigenvalue weighted by Gasteiger charge is -2.34. The van der Waals surface area contributed by atoms with Crippen LogP contribution in [0, 0.1) is 17.3 Å². The Kier molecular flexibility index (Phi) is 2.71. The fraction of sp³-hybridized carbons (Fsp3) is 0.727. The monoisotopic (exact) mass is 166 g/mol. The highest BCUT2D eigenvalue weighted by Gasteiger charge is 2.30. The molecular formula is C11H18O. The van der Waals surface area contributed by atoms with Crippen molar-refractivity contribution in [2.45, 2.75) is 33.6 Å². The molecule has 1 aliphatic carbocycles. The molecule has 0 fully saturated rings. The van der Waals surface area contributed by atoms with Gasteiger partial charge in [-0.05, 0) is 24.2 Å². The van der Waals surface area contributed by atoms with Gasteiger partial charge in [0.05, 0.1) is 0 Å². The molecule has 1 nitrogen and oxygen atoms in total. The third-order valence-corrected chi connectivity index (χ3v) is 2.65. The van der Waals surface area contributed by atoms with Gasteiger partial charge >= 0.3 is 0 Å². The molecule has 0 saturated carbocycles. The van der Waals surface area contributed by atoms with Gasteiger partial charge < -0.3 is 4.79 Å². The van der Waals surface area contributed by atoms with E-state index in [-0.39, 0.29) is 11.3 Å².